The highest BCUT2D eigenvalue weighted by Gasteiger charge is 2.34. The summed E-state index contributed by atoms with van der Waals surface area (Å²) >= 11 is 0. The molecule has 298 valence electrons. The van der Waals surface area contributed by atoms with Gasteiger partial charge in [-0.05, 0) is 131 Å². The minimum Gasteiger partial charge on any atom is -0.289 e. The van der Waals surface area contributed by atoms with Crippen LogP contribution in [0.3, 0.4) is 0 Å². The van der Waals surface area contributed by atoms with Gasteiger partial charge in [-0.2, -0.15) is 0 Å². The monoisotopic (exact) mass is 782 g/mol. The third kappa shape index (κ3) is 8.04. The fourth-order valence-electron chi connectivity index (χ4n) is 9.53. The molecule has 3 heterocycles. The summed E-state index contributed by atoms with van der Waals surface area (Å²) in [4.78, 5) is 20.8. The molecular formula is C56H54N4. The van der Waals surface area contributed by atoms with E-state index >= 15 is 0 Å². The van der Waals surface area contributed by atoms with Gasteiger partial charge in [0.1, 0.15) is 0 Å². The Bertz CT molecular complexity index is 2680. The molecule has 4 heteroatoms. The zero-order valence-corrected chi connectivity index (χ0v) is 35.2. The Morgan fingerprint density at radius 1 is 0.850 bits per heavy atom. The summed E-state index contributed by atoms with van der Waals surface area (Å²) in [6, 6.07) is 37.9. The molecule has 0 saturated carbocycles. The van der Waals surface area contributed by atoms with Gasteiger partial charge in [0.05, 0.1) is 23.0 Å². The number of fused-ring (bicyclic) bond motifs is 1. The lowest BCUT2D eigenvalue weighted by Gasteiger charge is -2.32. The number of amidine groups is 1. The second-order valence-electron chi connectivity index (χ2n) is 17.0. The Morgan fingerprint density at radius 2 is 1.65 bits per heavy atom. The molecule has 0 saturated heterocycles. The second kappa shape index (κ2) is 17.1. The van der Waals surface area contributed by atoms with Crippen molar-refractivity contribution < 1.29 is 0 Å². The van der Waals surface area contributed by atoms with Crippen LogP contribution in [-0.2, 0) is 5.54 Å². The lowest BCUT2D eigenvalue weighted by atomic mass is 9.79. The van der Waals surface area contributed by atoms with Gasteiger partial charge >= 0.3 is 0 Å². The van der Waals surface area contributed by atoms with E-state index < -0.39 is 5.54 Å². The Kier molecular flexibility index (Phi) is 11.2. The van der Waals surface area contributed by atoms with Crippen LogP contribution in [0.15, 0.2) is 190 Å². The number of pyridine rings is 1. The summed E-state index contributed by atoms with van der Waals surface area (Å²) in [5.41, 5.74) is 13.6. The molecule has 4 unspecified atom stereocenters. The molecule has 5 aromatic rings. The maximum Gasteiger partial charge on any atom is 0.155 e. The van der Waals surface area contributed by atoms with Crippen LogP contribution < -0.4 is 0 Å². The minimum absolute atomic E-state index is 0.214. The van der Waals surface area contributed by atoms with Gasteiger partial charge in [0.15, 0.2) is 5.84 Å². The Hall–Kier alpha value is -6.26. The van der Waals surface area contributed by atoms with Crippen LogP contribution >= 0.6 is 0 Å². The van der Waals surface area contributed by atoms with Gasteiger partial charge in [-0.25, -0.2) is 4.99 Å². The number of aromatic nitrogens is 1. The fourth-order valence-corrected chi connectivity index (χ4v) is 9.53. The largest absolute Gasteiger partial charge is 0.289 e. The number of benzene rings is 4. The molecule has 4 aromatic carbocycles. The van der Waals surface area contributed by atoms with Crippen molar-refractivity contribution >= 4 is 34.1 Å². The summed E-state index contributed by atoms with van der Waals surface area (Å²) in [7, 11) is 0. The number of allylic oxidation sites excluding steroid dienone is 11. The van der Waals surface area contributed by atoms with Gasteiger partial charge in [0.2, 0.25) is 0 Å². The van der Waals surface area contributed by atoms with Crippen LogP contribution in [0.4, 0.5) is 0 Å². The van der Waals surface area contributed by atoms with E-state index in [0.717, 1.165) is 66.1 Å². The number of hydrogen-bond donors (Lipinski definition) is 0. The zero-order valence-electron chi connectivity index (χ0n) is 35.2. The first-order valence-corrected chi connectivity index (χ1v) is 21.9. The van der Waals surface area contributed by atoms with Gasteiger partial charge in [0.25, 0.3) is 0 Å². The third-order valence-electron chi connectivity index (χ3n) is 12.9. The predicted octanol–water partition coefficient (Wildman–Crippen LogP) is 14.2. The SMILES string of the molecule is C=CC1=C(C(CC)c2cc(C3=NC(C)(c4ccc(C5CCC(C)C=N5)cc4)CC(C4=CCC=C(c5ccccn5)C=C4)=N3)cc(-c3cccc4ccccc34)c2)CCC=C1. The van der Waals surface area contributed by atoms with Gasteiger partial charge in [-0.3, -0.25) is 15.0 Å². The maximum absolute atomic E-state index is 5.69. The predicted molar refractivity (Wildman–Crippen MR) is 254 cm³/mol. The van der Waals surface area contributed by atoms with Crippen molar-refractivity contribution in [2.75, 3.05) is 0 Å². The van der Waals surface area contributed by atoms with Gasteiger partial charge < -0.3 is 0 Å². The van der Waals surface area contributed by atoms with Gasteiger partial charge in [-0.1, -0.05) is 147 Å². The Labute approximate surface area is 356 Å². The van der Waals surface area contributed by atoms with Crippen LogP contribution in [0.1, 0.15) is 106 Å². The van der Waals surface area contributed by atoms with Crippen molar-refractivity contribution in [1.82, 2.24) is 4.98 Å². The molecule has 0 spiro atoms. The molecule has 0 bridgehead atoms. The van der Waals surface area contributed by atoms with Crippen LogP contribution in [0.2, 0.25) is 0 Å². The van der Waals surface area contributed by atoms with E-state index in [0.29, 0.717) is 12.3 Å². The molecule has 4 aliphatic rings. The molecule has 0 radical (unpaired) electrons. The molecule has 4 nitrogen and oxygen atoms in total. The van der Waals surface area contributed by atoms with Crippen molar-refractivity contribution in [2.45, 2.75) is 83.2 Å². The first-order chi connectivity index (χ1) is 29.4. The number of hydrogen-bond acceptors (Lipinski definition) is 4. The Morgan fingerprint density at radius 3 is 2.45 bits per heavy atom. The number of aliphatic imine (C=N–C) groups is 3. The lowest BCUT2D eigenvalue weighted by molar-refractivity contribution is 0.512. The van der Waals surface area contributed by atoms with E-state index in [2.05, 4.69) is 166 Å². The van der Waals surface area contributed by atoms with Crippen LogP contribution in [0.25, 0.3) is 27.5 Å². The van der Waals surface area contributed by atoms with Gasteiger partial charge in [0, 0.05) is 30.3 Å². The van der Waals surface area contributed by atoms with E-state index in [1.807, 2.05) is 24.4 Å². The minimum atomic E-state index is -0.556. The van der Waals surface area contributed by atoms with Crippen molar-refractivity contribution in [3.63, 3.8) is 0 Å². The third-order valence-corrected chi connectivity index (χ3v) is 12.9. The molecule has 4 atom stereocenters. The summed E-state index contributed by atoms with van der Waals surface area (Å²) in [6.45, 7) is 11.1. The van der Waals surface area contributed by atoms with Crippen molar-refractivity contribution in [3.8, 4) is 11.1 Å². The quantitative estimate of drug-likeness (QED) is 0.139. The molecule has 1 aromatic heterocycles. The van der Waals surface area contributed by atoms with Gasteiger partial charge in [-0.15, -0.1) is 0 Å². The first-order valence-electron chi connectivity index (χ1n) is 21.9. The fraction of sp³-hybridized carbons (Fsp3) is 0.250. The highest BCUT2D eigenvalue weighted by Crippen LogP contribution is 2.42. The average molecular weight is 783 g/mol. The molecule has 0 amide bonds. The molecule has 0 fully saturated rings. The summed E-state index contributed by atoms with van der Waals surface area (Å²) in [6.07, 6.45) is 26.3. The molecule has 0 N–H and O–H groups in total. The van der Waals surface area contributed by atoms with E-state index in [9.17, 15) is 0 Å². The molecule has 9 rings (SSSR count). The average Bonchev–Trinajstić information content (AvgIpc) is 3.56. The van der Waals surface area contributed by atoms with Crippen LogP contribution in [-0.4, -0.2) is 22.7 Å². The van der Waals surface area contributed by atoms with E-state index in [-0.39, 0.29) is 12.0 Å². The second-order valence-corrected chi connectivity index (χ2v) is 17.0. The van der Waals surface area contributed by atoms with Crippen molar-refractivity contribution in [2.24, 2.45) is 20.9 Å². The zero-order chi connectivity index (χ0) is 41.1. The lowest BCUT2D eigenvalue weighted by Crippen LogP contribution is -2.30. The summed E-state index contributed by atoms with van der Waals surface area (Å²) < 4.78 is 0. The van der Waals surface area contributed by atoms with Crippen LogP contribution in [0, 0.1) is 5.92 Å². The smallest absolute Gasteiger partial charge is 0.155 e. The summed E-state index contributed by atoms with van der Waals surface area (Å²) in [5.74, 6) is 1.55. The Balaban J connectivity index is 1.20. The highest BCUT2D eigenvalue weighted by molar-refractivity contribution is 6.16. The number of nitrogens with zero attached hydrogens (tertiary/aromatic N) is 4. The molecule has 2 aliphatic carbocycles. The summed E-state index contributed by atoms with van der Waals surface area (Å²) in [5, 5.41) is 2.47. The van der Waals surface area contributed by atoms with E-state index in [4.69, 9.17) is 15.0 Å². The molecule has 60 heavy (non-hydrogen) atoms. The maximum atomic E-state index is 5.69. The molecule has 2 aliphatic heterocycles. The highest BCUT2D eigenvalue weighted by atomic mass is 15.0. The number of rotatable bonds is 10. The van der Waals surface area contributed by atoms with E-state index in [1.165, 1.54) is 56.2 Å². The molecular weight excluding hydrogens is 729 g/mol. The topological polar surface area (TPSA) is 50.0 Å². The normalized spacial score (nSPS) is 22.1. The van der Waals surface area contributed by atoms with Crippen molar-refractivity contribution in [1.29, 1.82) is 0 Å². The van der Waals surface area contributed by atoms with Crippen LogP contribution in [0.5, 0.6) is 0 Å². The van der Waals surface area contributed by atoms with Crippen molar-refractivity contribution in [3.05, 3.63) is 203 Å². The standard InChI is InChI=1S/C56H54N4/c1-5-39-15-7-9-20-49(39)48(6-2)44-33-45(51-22-14-17-40-16-8-10-21-50(40)51)35-46(34-44)55-59-54(42-19-13-18-41(25-26-42)52-23-11-12-32-57-52)36-56(4,60-55)47-29-27-43(28-30-47)53-31-24-38(3)37-58-53/h5,7-8,10-12,14-19,21-23,25-30,32-35,37-38,48,53H,1,6,9,13,20,24,31,36H2,2-4H3. The van der Waals surface area contributed by atoms with E-state index in [1.54, 1.807) is 0 Å². The first kappa shape index (κ1) is 39.2.